The number of nitrogens with one attached hydrogen (secondary N) is 1. The number of hydrogen-bond acceptors (Lipinski definition) is 3. The Balaban J connectivity index is 2.31. The minimum absolute atomic E-state index is 0.251. The first kappa shape index (κ1) is 14.1. The van der Waals surface area contributed by atoms with Crippen LogP contribution in [0.1, 0.15) is 20.7 Å². The topological polar surface area (TPSA) is 55.4 Å². The molecule has 0 aliphatic heterocycles. The van der Waals surface area contributed by atoms with E-state index in [2.05, 4.69) is 10.1 Å². The zero-order valence-corrected chi connectivity index (χ0v) is 11.5. The first-order valence-corrected chi connectivity index (χ1v) is 6.24. The van der Waals surface area contributed by atoms with Crippen LogP contribution in [0.25, 0.3) is 0 Å². The number of ether oxygens (including phenoxy) is 1. The Bertz CT molecular complexity index is 641. The Labute approximate surface area is 121 Å². The molecular formula is C15H12ClNO3. The standard InChI is InChI=1S/C15H12ClNO3/c1-20-15(19)12-8-7-11(16)9-13(12)17-14(18)10-5-3-2-4-6-10/h2-9H,1H3,(H,17,18). The molecule has 0 unspecified atom stereocenters. The van der Waals surface area contributed by atoms with Crippen molar-refractivity contribution in [3.8, 4) is 0 Å². The van der Waals surface area contributed by atoms with E-state index in [1.807, 2.05) is 6.07 Å². The van der Waals surface area contributed by atoms with Crippen LogP contribution in [0.3, 0.4) is 0 Å². The maximum absolute atomic E-state index is 12.1. The molecule has 2 aromatic rings. The Morgan fingerprint density at radius 3 is 2.45 bits per heavy atom. The van der Waals surface area contributed by atoms with E-state index in [4.69, 9.17) is 11.6 Å². The van der Waals surface area contributed by atoms with E-state index in [1.165, 1.54) is 19.2 Å². The van der Waals surface area contributed by atoms with E-state index < -0.39 is 5.97 Å². The van der Waals surface area contributed by atoms with Crippen LogP contribution in [0.15, 0.2) is 48.5 Å². The first-order chi connectivity index (χ1) is 9.61. The van der Waals surface area contributed by atoms with Crippen molar-refractivity contribution in [2.24, 2.45) is 0 Å². The summed E-state index contributed by atoms with van der Waals surface area (Å²) in [5.74, 6) is -0.858. The van der Waals surface area contributed by atoms with Crippen molar-refractivity contribution in [3.05, 3.63) is 64.7 Å². The molecule has 0 aliphatic rings. The first-order valence-electron chi connectivity index (χ1n) is 5.86. The third-order valence-electron chi connectivity index (χ3n) is 2.67. The summed E-state index contributed by atoms with van der Waals surface area (Å²) in [5.41, 5.74) is 1.06. The van der Waals surface area contributed by atoms with E-state index in [1.54, 1.807) is 30.3 Å². The second-order valence-electron chi connectivity index (χ2n) is 4.00. The summed E-state index contributed by atoms with van der Waals surface area (Å²) in [5, 5.41) is 3.08. The van der Waals surface area contributed by atoms with Crippen molar-refractivity contribution < 1.29 is 14.3 Å². The van der Waals surface area contributed by atoms with Gasteiger partial charge in [-0.15, -0.1) is 0 Å². The summed E-state index contributed by atoms with van der Waals surface area (Å²) in [6.07, 6.45) is 0. The molecule has 2 rings (SSSR count). The molecule has 0 spiro atoms. The van der Waals surface area contributed by atoms with Crippen molar-refractivity contribution in [1.82, 2.24) is 0 Å². The Morgan fingerprint density at radius 1 is 1.10 bits per heavy atom. The molecule has 0 fully saturated rings. The second kappa shape index (κ2) is 6.21. The SMILES string of the molecule is COC(=O)c1ccc(Cl)cc1NC(=O)c1ccccc1. The average molecular weight is 290 g/mol. The van der Waals surface area contributed by atoms with Crippen LogP contribution in [0.2, 0.25) is 5.02 Å². The highest BCUT2D eigenvalue weighted by Crippen LogP contribution is 2.22. The van der Waals surface area contributed by atoms with Crippen LogP contribution in [0.4, 0.5) is 5.69 Å². The van der Waals surface area contributed by atoms with Gasteiger partial charge in [-0.3, -0.25) is 4.79 Å². The van der Waals surface area contributed by atoms with E-state index >= 15 is 0 Å². The summed E-state index contributed by atoms with van der Waals surface area (Å²) in [4.78, 5) is 23.7. The highest BCUT2D eigenvalue weighted by atomic mass is 35.5. The Morgan fingerprint density at radius 2 is 1.80 bits per heavy atom. The molecule has 0 saturated carbocycles. The van der Waals surface area contributed by atoms with Gasteiger partial charge in [-0.1, -0.05) is 29.8 Å². The summed E-state index contributed by atoms with van der Waals surface area (Å²) < 4.78 is 4.67. The maximum Gasteiger partial charge on any atom is 0.339 e. The third-order valence-corrected chi connectivity index (χ3v) is 2.91. The predicted molar refractivity (Wildman–Crippen MR) is 77.2 cm³/mol. The van der Waals surface area contributed by atoms with Crippen LogP contribution in [-0.4, -0.2) is 19.0 Å². The lowest BCUT2D eigenvalue weighted by molar-refractivity contribution is 0.0602. The molecule has 0 aliphatic carbocycles. The molecule has 0 bridgehead atoms. The van der Waals surface area contributed by atoms with Crippen LogP contribution in [-0.2, 0) is 4.74 Å². The van der Waals surface area contributed by atoms with Gasteiger partial charge in [0.2, 0.25) is 0 Å². The van der Waals surface area contributed by atoms with Gasteiger partial charge in [0.1, 0.15) is 0 Å². The zero-order valence-electron chi connectivity index (χ0n) is 10.7. The number of amides is 1. The van der Waals surface area contributed by atoms with Crippen molar-refractivity contribution in [2.75, 3.05) is 12.4 Å². The molecule has 4 nitrogen and oxygen atoms in total. The lowest BCUT2D eigenvalue weighted by Crippen LogP contribution is -2.15. The van der Waals surface area contributed by atoms with Crippen molar-refractivity contribution >= 4 is 29.2 Å². The molecular weight excluding hydrogens is 278 g/mol. The fourth-order valence-corrected chi connectivity index (χ4v) is 1.86. The monoisotopic (exact) mass is 289 g/mol. The van der Waals surface area contributed by atoms with Gasteiger partial charge in [-0.05, 0) is 30.3 Å². The van der Waals surface area contributed by atoms with Crippen LogP contribution < -0.4 is 5.32 Å². The molecule has 0 heterocycles. The second-order valence-corrected chi connectivity index (χ2v) is 4.44. The molecule has 2 aromatic carbocycles. The van der Waals surface area contributed by atoms with Gasteiger partial charge in [0.05, 0.1) is 18.4 Å². The van der Waals surface area contributed by atoms with Crippen LogP contribution >= 0.6 is 11.6 Å². The number of methoxy groups -OCH3 is 1. The van der Waals surface area contributed by atoms with Crippen molar-refractivity contribution in [2.45, 2.75) is 0 Å². The van der Waals surface area contributed by atoms with E-state index in [0.717, 1.165) is 0 Å². The van der Waals surface area contributed by atoms with Crippen molar-refractivity contribution in [1.29, 1.82) is 0 Å². The molecule has 0 saturated heterocycles. The number of rotatable bonds is 3. The fourth-order valence-electron chi connectivity index (χ4n) is 1.69. The number of carbonyl (C=O) groups excluding carboxylic acids is 2. The maximum atomic E-state index is 12.1. The minimum Gasteiger partial charge on any atom is -0.465 e. The third kappa shape index (κ3) is 3.16. The van der Waals surface area contributed by atoms with Gasteiger partial charge in [0.15, 0.2) is 0 Å². The quantitative estimate of drug-likeness (QED) is 0.881. The van der Waals surface area contributed by atoms with Gasteiger partial charge in [-0.2, -0.15) is 0 Å². The summed E-state index contributed by atoms with van der Waals surface area (Å²) >= 11 is 5.89. The largest absolute Gasteiger partial charge is 0.465 e. The number of esters is 1. The van der Waals surface area contributed by atoms with Gasteiger partial charge >= 0.3 is 5.97 Å². The average Bonchev–Trinajstić information content (AvgIpc) is 2.47. The molecule has 0 aromatic heterocycles. The van der Waals surface area contributed by atoms with Gasteiger partial charge in [0, 0.05) is 10.6 Å². The van der Waals surface area contributed by atoms with E-state index in [9.17, 15) is 9.59 Å². The highest BCUT2D eigenvalue weighted by Gasteiger charge is 2.15. The summed E-state index contributed by atoms with van der Waals surface area (Å²) in [7, 11) is 1.28. The minimum atomic E-state index is -0.537. The lowest BCUT2D eigenvalue weighted by Gasteiger charge is -2.10. The van der Waals surface area contributed by atoms with E-state index in [-0.39, 0.29) is 11.5 Å². The summed E-state index contributed by atoms with van der Waals surface area (Å²) in [6.45, 7) is 0. The van der Waals surface area contributed by atoms with Gasteiger partial charge < -0.3 is 10.1 Å². The molecule has 5 heteroatoms. The lowest BCUT2D eigenvalue weighted by atomic mass is 10.1. The predicted octanol–water partition coefficient (Wildman–Crippen LogP) is 3.38. The number of carbonyl (C=O) groups is 2. The molecule has 20 heavy (non-hydrogen) atoms. The smallest absolute Gasteiger partial charge is 0.339 e. The number of benzene rings is 2. The van der Waals surface area contributed by atoms with Crippen LogP contribution in [0.5, 0.6) is 0 Å². The molecule has 1 N–H and O–H groups in total. The number of halogens is 1. The number of hydrogen-bond donors (Lipinski definition) is 1. The zero-order chi connectivity index (χ0) is 14.5. The molecule has 1 amide bonds. The Kier molecular flexibility index (Phi) is 4.38. The molecule has 0 atom stereocenters. The van der Waals surface area contributed by atoms with E-state index in [0.29, 0.717) is 16.3 Å². The molecule has 0 radical (unpaired) electrons. The normalized spacial score (nSPS) is 9.90. The van der Waals surface area contributed by atoms with Crippen molar-refractivity contribution in [3.63, 3.8) is 0 Å². The Hall–Kier alpha value is -2.33. The fraction of sp³-hybridized carbons (Fsp3) is 0.0667. The summed E-state index contributed by atoms with van der Waals surface area (Å²) in [6, 6.07) is 13.3. The van der Waals surface area contributed by atoms with Gasteiger partial charge in [0.25, 0.3) is 5.91 Å². The highest BCUT2D eigenvalue weighted by molar-refractivity contribution is 6.31. The van der Waals surface area contributed by atoms with Gasteiger partial charge in [-0.25, -0.2) is 4.79 Å². The molecule has 102 valence electrons. The van der Waals surface area contributed by atoms with Crippen LogP contribution in [0, 0.1) is 0 Å². The number of anilines is 1.